The number of benzene rings is 1. The van der Waals surface area contributed by atoms with Crippen molar-refractivity contribution in [3.8, 4) is 0 Å². The van der Waals surface area contributed by atoms with Gasteiger partial charge in [0, 0.05) is 41.7 Å². The predicted molar refractivity (Wildman–Crippen MR) is 102 cm³/mol. The molecule has 0 saturated carbocycles. The van der Waals surface area contributed by atoms with Crippen LogP contribution in [0, 0.1) is 5.41 Å². The summed E-state index contributed by atoms with van der Waals surface area (Å²) in [7, 11) is 0. The minimum absolute atomic E-state index is 0.000292. The summed E-state index contributed by atoms with van der Waals surface area (Å²) in [5, 5.41) is 11.8. The van der Waals surface area contributed by atoms with Crippen molar-refractivity contribution in [2.45, 2.75) is 32.6 Å². The zero-order chi connectivity index (χ0) is 18.3. The van der Waals surface area contributed by atoms with Crippen molar-refractivity contribution in [1.82, 2.24) is 9.97 Å². The number of aromatic nitrogens is 2. The Bertz CT molecular complexity index is 999. The number of nitrogens with zero attached hydrogens (tertiary/aromatic N) is 1. The van der Waals surface area contributed by atoms with Gasteiger partial charge in [0.2, 0.25) is 0 Å². The molecule has 0 aliphatic heterocycles. The van der Waals surface area contributed by atoms with E-state index < -0.39 is 0 Å². The highest BCUT2D eigenvalue weighted by Gasteiger charge is 2.38. The van der Waals surface area contributed by atoms with Crippen LogP contribution in [0.4, 0.5) is 0 Å². The second kappa shape index (κ2) is 6.13. The Hall–Kier alpha value is -2.88. The van der Waals surface area contributed by atoms with E-state index in [0.29, 0.717) is 18.4 Å². The van der Waals surface area contributed by atoms with E-state index in [-0.39, 0.29) is 22.9 Å². The Balaban J connectivity index is 1.95. The van der Waals surface area contributed by atoms with Gasteiger partial charge < -0.3 is 10.1 Å². The molecule has 2 aromatic heterocycles. The topological polar surface area (TPSA) is 66.0 Å². The molecule has 132 valence electrons. The number of aliphatic hydroxyl groups is 1. The number of para-hydroxylation sites is 1. The number of Topliss-reactive ketones (excluding diaryl/α,β-unsaturated/α-hetero) is 1. The molecule has 0 bridgehead atoms. The smallest absolute Gasteiger partial charge is 0.163 e. The molecule has 2 heterocycles. The van der Waals surface area contributed by atoms with Gasteiger partial charge in [0.1, 0.15) is 5.76 Å². The number of hydrogen-bond acceptors (Lipinski definition) is 3. The molecule has 1 aliphatic carbocycles. The van der Waals surface area contributed by atoms with Gasteiger partial charge in [-0.05, 0) is 29.2 Å². The first-order valence-corrected chi connectivity index (χ1v) is 8.88. The first kappa shape index (κ1) is 16.6. The van der Waals surface area contributed by atoms with Crippen LogP contribution in [0.3, 0.4) is 0 Å². The first-order valence-electron chi connectivity index (χ1n) is 8.88. The number of nitrogens with one attached hydrogen (secondary N) is 1. The average molecular weight is 346 g/mol. The van der Waals surface area contributed by atoms with E-state index in [1.54, 1.807) is 6.20 Å². The number of carbonyl (C=O) groups excluding carboxylic acids is 1. The van der Waals surface area contributed by atoms with Crippen LogP contribution in [0.5, 0.6) is 0 Å². The predicted octanol–water partition coefficient (Wildman–Crippen LogP) is 4.90. The van der Waals surface area contributed by atoms with Crippen molar-refractivity contribution in [2.24, 2.45) is 5.41 Å². The third-order valence-electron chi connectivity index (χ3n) is 5.10. The largest absolute Gasteiger partial charge is 0.512 e. The Labute approximate surface area is 152 Å². The Morgan fingerprint density at radius 1 is 1.12 bits per heavy atom. The third kappa shape index (κ3) is 2.81. The second-order valence-electron chi connectivity index (χ2n) is 7.78. The molecule has 0 radical (unpaired) electrons. The lowest BCUT2D eigenvalue weighted by molar-refractivity contribution is -0.118. The molecular formula is C22H22N2O2. The summed E-state index contributed by atoms with van der Waals surface area (Å²) in [6.07, 6.45) is 4.58. The summed E-state index contributed by atoms with van der Waals surface area (Å²) in [6, 6.07) is 13.7. The van der Waals surface area contributed by atoms with Gasteiger partial charge in [0.25, 0.3) is 0 Å². The number of pyridine rings is 1. The number of hydrogen-bond donors (Lipinski definition) is 2. The van der Waals surface area contributed by atoms with E-state index in [4.69, 9.17) is 0 Å². The van der Waals surface area contributed by atoms with E-state index >= 15 is 0 Å². The minimum atomic E-state index is -0.379. The maximum absolute atomic E-state index is 13.0. The van der Waals surface area contributed by atoms with E-state index in [0.717, 1.165) is 22.2 Å². The van der Waals surface area contributed by atoms with Crippen LogP contribution in [0.1, 0.15) is 43.9 Å². The normalized spacial score (nSPS) is 18.3. The maximum atomic E-state index is 13.0. The molecule has 1 atom stereocenters. The van der Waals surface area contributed by atoms with Crippen molar-refractivity contribution < 1.29 is 9.90 Å². The van der Waals surface area contributed by atoms with E-state index in [9.17, 15) is 9.90 Å². The molecule has 0 saturated heterocycles. The maximum Gasteiger partial charge on any atom is 0.163 e. The van der Waals surface area contributed by atoms with Gasteiger partial charge in [-0.3, -0.25) is 9.78 Å². The van der Waals surface area contributed by atoms with Crippen LogP contribution < -0.4 is 0 Å². The monoisotopic (exact) mass is 346 g/mol. The van der Waals surface area contributed by atoms with Crippen LogP contribution in [0.25, 0.3) is 10.9 Å². The number of fused-ring (bicyclic) bond motifs is 1. The molecule has 26 heavy (non-hydrogen) atoms. The van der Waals surface area contributed by atoms with Gasteiger partial charge in [0.05, 0.1) is 11.6 Å². The second-order valence-corrected chi connectivity index (χ2v) is 7.78. The third-order valence-corrected chi connectivity index (χ3v) is 5.10. The number of carbonyl (C=O) groups is 1. The van der Waals surface area contributed by atoms with Crippen molar-refractivity contribution in [2.75, 3.05) is 0 Å². The fraction of sp³-hybridized carbons (Fsp3) is 0.273. The molecule has 3 aromatic rings. The highest BCUT2D eigenvalue weighted by atomic mass is 16.3. The Morgan fingerprint density at radius 2 is 1.88 bits per heavy atom. The molecule has 4 rings (SSSR count). The van der Waals surface area contributed by atoms with Crippen molar-refractivity contribution in [3.05, 3.63) is 77.4 Å². The fourth-order valence-corrected chi connectivity index (χ4v) is 3.97. The van der Waals surface area contributed by atoms with Gasteiger partial charge in [-0.2, -0.15) is 0 Å². The minimum Gasteiger partial charge on any atom is -0.512 e. The zero-order valence-corrected chi connectivity index (χ0v) is 15.0. The number of aromatic amines is 1. The Kier molecular flexibility index (Phi) is 3.91. The van der Waals surface area contributed by atoms with Crippen LogP contribution in [-0.4, -0.2) is 20.9 Å². The summed E-state index contributed by atoms with van der Waals surface area (Å²) >= 11 is 0. The first-order chi connectivity index (χ1) is 12.5. The molecule has 1 unspecified atom stereocenters. The molecular weight excluding hydrogens is 324 g/mol. The number of ketones is 1. The molecule has 0 fully saturated rings. The SMILES string of the molecule is CC1(C)CC(=O)C(C(c2ccccn2)c2c[nH]c3ccccc23)=C(O)C1. The van der Waals surface area contributed by atoms with Crippen LogP contribution in [0.2, 0.25) is 0 Å². The zero-order valence-electron chi connectivity index (χ0n) is 15.0. The molecule has 1 aliphatic rings. The van der Waals surface area contributed by atoms with Crippen LogP contribution in [-0.2, 0) is 4.79 Å². The van der Waals surface area contributed by atoms with E-state index in [1.807, 2.05) is 62.5 Å². The van der Waals surface area contributed by atoms with Gasteiger partial charge in [-0.1, -0.05) is 38.1 Å². The van der Waals surface area contributed by atoms with Gasteiger partial charge in [-0.25, -0.2) is 0 Å². The highest BCUT2D eigenvalue weighted by molar-refractivity contribution is 6.00. The number of aliphatic hydroxyl groups excluding tert-OH is 1. The van der Waals surface area contributed by atoms with Gasteiger partial charge >= 0.3 is 0 Å². The fourth-order valence-electron chi connectivity index (χ4n) is 3.97. The van der Waals surface area contributed by atoms with E-state index in [2.05, 4.69) is 9.97 Å². The number of allylic oxidation sites excluding steroid dienone is 2. The molecule has 0 amide bonds. The molecule has 0 spiro atoms. The summed E-state index contributed by atoms with van der Waals surface area (Å²) in [5.41, 5.74) is 3.00. The molecule has 1 aromatic carbocycles. The average Bonchev–Trinajstić information content (AvgIpc) is 3.02. The lowest BCUT2D eigenvalue weighted by Crippen LogP contribution is -2.29. The number of H-pyrrole nitrogens is 1. The van der Waals surface area contributed by atoms with Crippen molar-refractivity contribution in [1.29, 1.82) is 0 Å². The van der Waals surface area contributed by atoms with Gasteiger partial charge in [-0.15, -0.1) is 0 Å². The quantitative estimate of drug-likeness (QED) is 0.709. The lowest BCUT2D eigenvalue weighted by Gasteiger charge is -2.32. The summed E-state index contributed by atoms with van der Waals surface area (Å²) in [4.78, 5) is 20.8. The summed E-state index contributed by atoms with van der Waals surface area (Å²) in [5.74, 6) is -0.192. The molecule has 4 nitrogen and oxygen atoms in total. The summed E-state index contributed by atoms with van der Waals surface area (Å²) < 4.78 is 0. The van der Waals surface area contributed by atoms with Crippen LogP contribution in [0.15, 0.2) is 66.2 Å². The molecule has 4 heteroatoms. The standard InChI is InChI=1S/C22H22N2O2/c1-22(2)11-18(25)21(19(26)12-22)20(17-9-5-6-10-23-17)15-13-24-16-8-4-3-7-14(15)16/h3-10,13,20,24-25H,11-12H2,1-2H3. The van der Waals surface area contributed by atoms with Gasteiger partial charge in [0.15, 0.2) is 5.78 Å². The highest BCUT2D eigenvalue weighted by Crippen LogP contribution is 2.44. The summed E-state index contributed by atoms with van der Waals surface area (Å²) in [6.45, 7) is 4.03. The molecule has 2 N–H and O–H groups in total. The van der Waals surface area contributed by atoms with Crippen molar-refractivity contribution >= 4 is 16.7 Å². The number of rotatable bonds is 3. The van der Waals surface area contributed by atoms with Crippen LogP contribution >= 0.6 is 0 Å². The van der Waals surface area contributed by atoms with E-state index in [1.165, 1.54) is 0 Å². The lowest BCUT2D eigenvalue weighted by atomic mass is 9.72. The Morgan fingerprint density at radius 3 is 2.62 bits per heavy atom. The van der Waals surface area contributed by atoms with Crippen molar-refractivity contribution in [3.63, 3.8) is 0 Å².